The lowest BCUT2D eigenvalue weighted by Gasteiger charge is -2.12. The van der Waals surface area contributed by atoms with E-state index >= 15 is 0 Å². The first-order valence-electron chi connectivity index (χ1n) is 9.08. The molecule has 1 N–H and O–H groups in total. The molecule has 0 aliphatic heterocycles. The Morgan fingerprint density at radius 1 is 1.20 bits per heavy atom. The summed E-state index contributed by atoms with van der Waals surface area (Å²) >= 11 is -1.40. The zero-order valence-corrected chi connectivity index (χ0v) is 17.5. The number of fused-ring (bicyclic) bond motifs is 1. The van der Waals surface area contributed by atoms with E-state index in [9.17, 15) is 9.35 Å². The van der Waals surface area contributed by atoms with E-state index in [1.54, 1.807) is 48.1 Å². The summed E-state index contributed by atoms with van der Waals surface area (Å²) in [6.45, 7) is 0.382. The zero-order chi connectivity index (χ0) is 21.3. The lowest BCUT2D eigenvalue weighted by Crippen LogP contribution is -2.22. The molecular weight excluding hydrogens is 404 g/mol. The average Bonchev–Trinajstić information content (AvgIpc) is 3.14. The minimum absolute atomic E-state index is 0.154. The lowest BCUT2D eigenvalue weighted by molar-refractivity contribution is 0.414. The van der Waals surface area contributed by atoms with Gasteiger partial charge in [-0.3, -0.25) is 9.48 Å². The third kappa shape index (κ3) is 4.00. The van der Waals surface area contributed by atoms with Crippen LogP contribution in [0.5, 0.6) is 5.75 Å². The van der Waals surface area contributed by atoms with Crippen molar-refractivity contribution in [3.05, 3.63) is 64.8 Å². The second-order valence-electron chi connectivity index (χ2n) is 6.69. The summed E-state index contributed by atoms with van der Waals surface area (Å²) in [7, 11) is 3.40. The van der Waals surface area contributed by atoms with Crippen molar-refractivity contribution in [1.82, 2.24) is 24.3 Å². The van der Waals surface area contributed by atoms with Gasteiger partial charge in [0.05, 0.1) is 31.1 Å². The molecule has 3 aromatic heterocycles. The molecule has 0 fully saturated rings. The maximum absolute atomic E-state index is 13.3. The quantitative estimate of drug-likeness (QED) is 0.373. The molecule has 0 radical (unpaired) electrons. The molecule has 3 heterocycles. The van der Waals surface area contributed by atoms with Crippen molar-refractivity contribution in [3.8, 4) is 5.75 Å². The lowest BCUT2D eigenvalue weighted by atomic mass is 10.2. The number of aromatic nitrogens is 5. The monoisotopic (exact) mass is 424 g/mol. The van der Waals surface area contributed by atoms with E-state index in [-0.39, 0.29) is 10.7 Å². The van der Waals surface area contributed by atoms with Gasteiger partial charge in [0.2, 0.25) is 0 Å². The first-order chi connectivity index (χ1) is 14.4. The Hall–Kier alpha value is -3.37. The van der Waals surface area contributed by atoms with Crippen LogP contribution in [0.4, 0.5) is 11.5 Å². The molecule has 0 spiro atoms. The number of hydrogen-bond donors (Lipinski definition) is 1. The molecule has 1 unspecified atom stereocenters. The third-order valence-corrected chi connectivity index (χ3v) is 5.24. The fourth-order valence-corrected chi connectivity index (χ4v) is 3.50. The Kier molecular flexibility index (Phi) is 5.42. The second kappa shape index (κ2) is 8.17. The largest absolute Gasteiger partial charge is 0.609 e. The molecule has 4 aromatic rings. The third-order valence-electron chi connectivity index (χ3n) is 4.54. The van der Waals surface area contributed by atoms with Gasteiger partial charge in [-0.05, 0) is 23.8 Å². The van der Waals surface area contributed by atoms with Crippen LogP contribution in [0, 0.1) is 0 Å². The fourth-order valence-electron chi connectivity index (χ4n) is 3.05. The molecule has 1 aromatic carbocycles. The van der Waals surface area contributed by atoms with Gasteiger partial charge in [-0.25, -0.2) is 0 Å². The first kappa shape index (κ1) is 19.9. The fraction of sp³-hybridized carbons (Fsp3) is 0.200. The predicted octanol–water partition coefficient (Wildman–Crippen LogP) is 2.06. The molecule has 1 atom stereocenters. The molecule has 30 heavy (non-hydrogen) atoms. The van der Waals surface area contributed by atoms with Gasteiger partial charge >= 0.3 is 5.16 Å². The Bertz CT molecular complexity index is 1250. The van der Waals surface area contributed by atoms with Crippen LogP contribution in [0.15, 0.2) is 58.9 Å². The highest BCUT2D eigenvalue weighted by atomic mass is 32.2. The van der Waals surface area contributed by atoms with Crippen LogP contribution >= 0.6 is 0 Å². The maximum atomic E-state index is 13.3. The Morgan fingerprint density at radius 2 is 1.97 bits per heavy atom. The molecular formula is C20H20N6O3S. The van der Waals surface area contributed by atoms with Gasteiger partial charge in [0, 0.05) is 30.6 Å². The van der Waals surface area contributed by atoms with Gasteiger partial charge < -0.3 is 19.2 Å². The van der Waals surface area contributed by atoms with Gasteiger partial charge in [0.25, 0.3) is 5.56 Å². The van der Waals surface area contributed by atoms with Crippen molar-refractivity contribution >= 4 is 33.6 Å². The number of anilines is 2. The molecule has 0 bridgehead atoms. The van der Waals surface area contributed by atoms with Crippen molar-refractivity contribution in [2.24, 2.45) is 7.05 Å². The van der Waals surface area contributed by atoms with Gasteiger partial charge in [-0.1, -0.05) is 12.1 Å². The van der Waals surface area contributed by atoms with Crippen LogP contribution in [0.25, 0.3) is 10.9 Å². The summed E-state index contributed by atoms with van der Waals surface area (Å²) in [6.07, 6.45) is 6.56. The van der Waals surface area contributed by atoms with E-state index in [1.165, 1.54) is 6.26 Å². The number of pyridine rings is 1. The first-order valence-corrected chi connectivity index (χ1v) is 10.6. The standard InChI is InChI=1S/C20H20N6O3S/c1-25-12-14(10-21-25)22-18-17-16(23-20(24-18)30(3)28)8-9-26(19(17)27)11-13-4-6-15(29-2)7-5-13/h4-10,12H,11H2,1-3H3,(H,22,23,24). The van der Waals surface area contributed by atoms with Crippen LogP contribution in [0.1, 0.15) is 5.56 Å². The molecule has 154 valence electrons. The van der Waals surface area contributed by atoms with Gasteiger partial charge in [0.1, 0.15) is 17.4 Å². The van der Waals surface area contributed by atoms with E-state index in [0.29, 0.717) is 29.0 Å². The topological polar surface area (TPSA) is 110 Å². The summed E-state index contributed by atoms with van der Waals surface area (Å²) in [4.78, 5) is 21.9. The number of methoxy groups -OCH3 is 1. The predicted molar refractivity (Wildman–Crippen MR) is 115 cm³/mol. The molecule has 9 nitrogen and oxygen atoms in total. The summed E-state index contributed by atoms with van der Waals surface area (Å²) < 4.78 is 20.4. The minimum atomic E-state index is -1.40. The number of rotatable bonds is 6. The van der Waals surface area contributed by atoms with Crippen molar-refractivity contribution in [1.29, 1.82) is 0 Å². The van der Waals surface area contributed by atoms with Crippen molar-refractivity contribution in [3.63, 3.8) is 0 Å². The minimum Gasteiger partial charge on any atom is -0.609 e. The van der Waals surface area contributed by atoms with Gasteiger partial charge in [0.15, 0.2) is 5.82 Å². The van der Waals surface area contributed by atoms with Crippen LogP contribution in [-0.2, 0) is 24.8 Å². The summed E-state index contributed by atoms with van der Waals surface area (Å²) in [5.41, 5.74) is 1.79. The molecule has 10 heteroatoms. The van der Waals surface area contributed by atoms with Crippen LogP contribution < -0.4 is 15.6 Å². The molecule has 4 rings (SSSR count). The molecule has 0 saturated carbocycles. The van der Waals surface area contributed by atoms with E-state index < -0.39 is 11.2 Å². The zero-order valence-electron chi connectivity index (χ0n) is 16.7. The number of aryl methyl sites for hydroxylation is 1. The normalized spacial score (nSPS) is 12.1. The number of hydrogen-bond acceptors (Lipinski definition) is 7. The summed E-state index contributed by atoms with van der Waals surface area (Å²) in [5.74, 6) is 1.05. The highest BCUT2D eigenvalue weighted by molar-refractivity contribution is 7.90. The Balaban J connectivity index is 1.80. The second-order valence-corrected chi connectivity index (χ2v) is 7.97. The van der Waals surface area contributed by atoms with Gasteiger partial charge in [-0.2, -0.15) is 15.1 Å². The number of nitrogens with zero attached hydrogens (tertiary/aromatic N) is 5. The maximum Gasteiger partial charge on any atom is 0.344 e. The molecule has 0 aliphatic carbocycles. The summed E-state index contributed by atoms with van der Waals surface area (Å²) in [5, 5.41) is 7.71. The smallest absolute Gasteiger partial charge is 0.344 e. The van der Waals surface area contributed by atoms with Crippen LogP contribution in [0.2, 0.25) is 0 Å². The van der Waals surface area contributed by atoms with E-state index in [4.69, 9.17) is 4.74 Å². The van der Waals surface area contributed by atoms with Crippen molar-refractivity contribution < 1.29 is 9.29 Å². The van der Waals surface area contributed by atoms with E-state index in [0.717, 1.165) is 11.3 Å². The van der Waals surface area contributed by atoms with Gasteiger partial charge in [-0.15, -0.1) is 0 Å². The highest BCUT2D eigenvalue weighted by Crippen LogP contribution is 2.23. The van der Waals surface area contributed by atoms with Crippen molar-refractivity contribution in [2.45, 2.75) is 11.7 Å². The molecule has 0 aliphatic rings. The van der Waals surface area contributed by atoms with E-state index in [2.05, 4.69) is 20.4 Å². The Morgan fingerprint density at radius 3 is 2.60 bits per heavy atom. The van der Waals surface area contributed by atoms with Crippen molar-refractivity contribution in [2.75, 3.05) is 18.7 Å². The van der Waals surface area contributed by atoms with E-state index in [1.807, 2.05) is 24.3 Å². The number of benzene rings is 1. The Labute approximate surface area is 175 Å². The average molecular weight is 424 g/mol. The summed E-state index contributed by atoms with van der Waals surface area (Å²) in [6, 6.07) is 9.24. The number of nitrogens with one attached hydrogen (secondary N) is 1. The number of ether oxygens (including phenoxy) is 1. The molecule has 0 saturated heterocycles. The SMILES string of the molecule is COc1ccc(Cn2ccc3nc([S+](C)[O-])nc(Nc4cnn(C)c4)c3c2=O)cc1. The van der Waals surface area contributed by atoms with Crippen LogP contribution in [0.3, 0.4) is 0 Å². The molecule has 0 amide bonds. The van der Waals surface area contributed by atoms with Crippen LogP contribution in [-0.4, -0.2) is 42.2 Å². The highest BCUT2D eigenvalue weighted by Gasteiger charge is 2.18.